The Labute approximate surface area is 91.8 Å². The van der Waals surface area contributed by atoms with Crippen molar-refractivity contribution >= 4 is 34.0 Å². The summed E-state index contributed by atoms with van der Waals surface area (Å²) in [5.74, 6) is 0. The Bertz CT molecular complexity index is 37.1. The lowest BCUT2D eigenvalue weighted by Crippen LogP contribution is -1.73. The summed E-state index contributed by atoms with van der Waals surface area (Å²) in [5, 5.41) is 0. The van der Waals surface area contributed by atoms with Gasteiger partial charge < -0.3 is 5.48 Å². The molecule has 0 heterocycles. The minimum atomic E-state index is 0. The molecule has 0 aromatic rings. The molecular weight excluding hydrogens is 272 g/mol. The van der Waals surface area contributed by atoms with Crippen LogP contribution in [0.2, 0.25) is 0 Å². The Morgan fingerprint density at radius 1 is 0.636 bits per heavy atom. The van der Waals surface area contributed by atoms with Crippen LogP contribution in [0, 0.1) is 0 Å². The molecule has 0 spiro atoms. The largest absolute Gasteiger partial charge is 0.412 e. The average Bonchev–Trinajstić information content (AvgIpc) is 1.81. The van der Waals surface area contributed by atoms with Gasteiger partial charge in [-0.1, -0.05) is 52.4 Å². The summed E-state index contributed by atoms with van der Waals surface area (Å²) in [6.07, 6.45) is 8.49. The fourth-order valence-corrected chi connectivity index (χ4v) is 0.854. The molecule has 0 saturated heterocycles. The van der Waals surface area contributed by atoms with Crippen molar-refractivity contribution < 1.29 is 5.48 Å². The molecule has 0 aliphatic rings. The van der Waals surface area contributed by atoms with Gasteiger partial charge >= 0.3 is 0 Å². The molecule has 0 amide bonds. The van der Waals surface area contributed by atoms with Crippen LogP contribution < -0.4 is 0 Å². The van der Waals surface area contributed by atoms with Gasteiger partial charge in [-0.2, -0.15) is 0 Å². The van der Waals surface area contributed by atoms with Gasteiger partial charge in [0.05, 0.1) is 0 Å². The van der Waals surface area contributed by atoms with Crippen LogP contribution in [0.25, 0.3) is 0 Å². The molecule has 0 rings (SSSR count). The van der Waals surface area contributed by atoms with Crippen molar-refractivity contribution in [1.29, 1.82) is 0 Å². The normalized spacial score (nSPS) is 7.09. The maximum atomic E-state index is 2.26. The molecule has 0 radical (unpaired) electrons. The molecule has 0 aliphatic carbocycles. The first-order valence-corrected chi connectivity index (χ1v) is 3.91. The van der Waals surface area contributed by atoms with Gasteiger partial charge in [-0.3, -0.25) is 0 Å². The Balaban J connectivity index is -0.0000000817. The predicted molar refractivity (Wildman–Crippen MR) is 63.3 cm³/mol. The maximum Gasteiger partial charge on any atom is -0.0533 e. The third-order valence-corrected chi connectivity index (χ3v) is 1.46. The highest BCUT2D eigenvalue weighted by molar-refractivity contribution is 8.93. The van der Waals surface area contributed by atoms with Crippen molar-refractivity contribution in [1.82, 2.24) is 0 Å². The van der Waals surface area contributed by atoms with Crippen LogP contribution >= 0.6 is 34.0 Å². The van der Waals surface area contributed by atoms with Gasteiger partial charge in [0.1, 0.15) is 0 Å². The van der Waals surface area contributed by atoms with Crippen LogP contribution in [0.4, 0.5) is 0 Å². The van der Waals surface area contributed by atoms with E-state index in [4.69, 9.17) is 0 Å². The summed E-state index contributed by atoms with van der Waals surface area (Å²) in [5.41, 5.74) is 0. The third-order valence-electron chi connectivity index (χ3n) is 1.46. The average molecular weight is 294 g/mol. The zero-order valence-electron chi connectivity index (χ0n) is 7.56. The summed E-state index contributed by atoms with van der Waals surface area (Å²) in [6.45, 7) is 4.51. The molecule has 1 nitrogen and oxygen atoms in total. The Hall–Kier alpha value is 0.920. The standard InChI is InChI=1S/C8H18.2BrH.H2O/c1-3-5-7-8-6-4-2;;;/h3-8H2,1-2H3;2*1H;1H2. The second-order valence-corrected chi connectivity index (χ2v) is 2.41. The van der Waals surface area contributed by atoms with Gasteiger partial charge in [0.2, 0.25) is 0 Å². The molecule has 0 aliphatic heterocycles. The lowest BCUT2D eigenvalue weighted by molar-refractivity contribution is 0.624. The summed E-state index contributed by atoms with van der Waals surface area (Å²) >= 11 is 0. The van der Waals surface area contributed by atoms with E-state index < -0.39 is 0 Å². The molecular formula is C8H22Br2O. The Morgan fingerprint density at radius 3 is 1.09 bits per heavy atom. The minimum absolute atomic E-state index is 0. The monoisotopic (exact) mass is 292 g/mol. The van der Waals surface area contributed by atoms with E-state index in [2.05, 4.69) is 13.8 Å². The first kappa shape index (κ1) is 22.7. The van der Waals surface area contributed by atoms with Crippen molar-refractivity contribution in [2.75, 3.05) is 0 Å². The zero-order valence-corrected chi connectivity index (χ0v) is 11.0. The molecule has 2 N–H and O–H groups in total. The SMILES string of the molecule is Br.Br.CCCCCCCC.O. The third kappa shape index (κ3) is 24.8. The molecule has 0 unspecified atom stereocenters. The van der Waals surface area contributed by atoms with Gasteiger partial charge in [0, 0.05) is 0 Å². The van der Waals surface area contributed by atoms with Gasteiger partial charge in [-0.25, -0.2) is 0 Å². The van der Waals surface area contributed by atoms with Crippen LogP contribution in [-0.2, 0) is 0 Å². The van der Waals surface area contributed by atoms with Crippen LogP contribution in [0.5, 0.6) is 0 Å². The van der Waals surface area contributed by atoms with E-state index in [1.165, 1.54) is 38.5 Å². The van der Waals surface area contributed by atoms with Crippen molar-refractivity contribution in [2.24, 2.45) is 0 Å². The molecule has 11 heavy (non-hydrogen) atoms. The molecule has 0 aromatic heterocycles. The lowest BCUT2D eigenvalue weighted by Gasteiger charge is -1.93. The first-order chi connectivity index (χ1) is 3.91. The fraction of sp³-hybridized carbons (Fsp3) is 1.00. The van der Waals surface area contributed by atoms with Crippen molar-refractivity contribution in [3.63, 3.8) is 0 Å². The fourth-order valence-electron chi connectivity index (χ4n) is 0.854. The minimum Gasteiger partial charge on any atom is -0.412 e. The first-order valence-electron chi connectivity index (χ1n) is 3.91. The highest BCUT2D eigenvalue weighted by atomic mass is 79.9. The molecule has 0 aromatic carbocycles. The number of unbranched alkanes of at least 4 members (excludes halogenated alkanes) is 5. The summed E-state index contributed by atoms with van der Waals surface area (Å²) in [6, 6.07) is 0. The summed E-state index contributed by atoms with van der Waals surface area (Å²) in [7, 11) is 0. The van der Waals surface area contributed by atoms with Crippen LogP contribution in [0.15, 0.2) is 0 Å². The van der Waals surface area contributed by atoms with Crippen LogP contribution in [0.3, 0.4) is 0 Å². The quantitative estimate of drug-likeness (QED) is 0.692. The summed E-state index contributed by atoms with van der Waals surface area (Å²) < 4.78 is 0. The van der Waals surface area contributed by atoms with Gasteiger partial charge in [0.15, 0.2) is 0 Å². The van der Waals surface area contributed by atoms with E-state index in [9.17, 15) is 0 Å². The van der Waals surface area contributed by atoms with Crippen molar-refractivity contribution in [3.8, 4) is 0 Å². The molecule has 74 valence electrons. The van der Waals surface area contributed by atoms with Crippen molar-refractivity contribution in [3.05, 3.63) is 0 Å². The maximum absolute atomic E-state index is 2.26. The molecule has 3 heteroatoms. The van der Waals surface area contributed by atoms with E-state index in [0.717, 1.165) is 0 Å². The highest BCUT2D eigenvalue weighted by Crippen LogP contribution is 2.03. The Morgan fingerprint density at radius 2 is 0.909 bits per heavy atom. The zero-order chi connectivity index (χ0) is 6.24. The van der Waals surface area contributed by atoms with Crippen LogP contribution in [0.1, 0.15) is 52.4 Å². The number of hydrogen-bond acceptors (Lipinski definition) is 0. The second kappa shape index (κ2) is 22.4. The lowest BCUT2D eigenvalue weighted by atomic mass is 10.1. The summed E-state index contributed by atoms with van der Waals surface area (Å²) in [4.78, 5) is 0. The topological polar surface area (TPSA) is 31.5 Å². The Kier molecular flexibility index (Phi) is 46.2. The van der Waals surface area contributed by atoms with E-state index in [1.54, 1.807) is 0 Å². The molecule has 0 atom stereocenters. The molecule has 0 fully saturated rings. The van der Waals surface area contributed by atoms with Gasteiger partial charge in [0.25, 0.3) is 0 Å². The van der Waals surface area contributed by atoms with E-state index in [-0.39, 0.29) is 39.4 Å². The molecule has 0 saturated carbocycles. The van der Waals surface area contributed by atoms with E-state index >= 15 is 0 Å². The highest BCUT2D eigenvalue weighted by Gasteiger charge is 1.83. The van der Waals surface area contributed by atoms with Gasteiger partial charge in [-0.05, 0) is 0 Å². The van der Waals surface area contributed by atoms with Crippen molar-refractivity contribution in [2.45, 2.75) is 52.4 Å². The number of rotatable bonds is 5. The number of halogens is 2. The predicted octanol–water partition coefficient (Wildman–Crippen LogP) is 3.70. The number of hydrogen-bond donors (Lipinski definition) is 0. The second-order valence-electron chi connectivity index (χ2n) is 2.41. The smallest absolute Gasteiger partial charge is 0.0533 e. The molecule has 0 bridgehead atoms. The van der Waals surface area contributed by atoms with Gasteiger partial charge in [-0.15, -0.1) is 34.0 Å². The van der Waals surface area contributed by atoms with Crippen LogP contribution in [-0.4, -0.2) is 5.48 Å². The van der Waals surface area contributed by atoms with E-state index in [1.807, 2.05) is 0 Å². The van der Waals surface area contributed by atoms with E-state index in [0.29, 0.717) is 0 Å².